The number of halogens is 1. The van der Waals surface area contributed by atoms with Crippen LogP contribution in [0.25, 0.3) is 0 Å². The van der Waals surface area contributed by atoms with Gasteiger partial charge in [-0.2, -0.15) is 5.10 Å². The van der Waals surface area contributed by atoms with Crippen LogP contribution in [0.5, 0.6) is 11.5 Å². The standard InChI is InChI=1S/C19H19FN2O3/c1-24-17-10-12-5-4-8-16(15(12)11-18(17)25-2)21-22-19(23)13-6-3-7-14(20)9-13/h3,6-7,9-11H,4-5,8H2,1-2H3,(H,22,23). The first-order valence-electron chi connectivity index (χ1n) is 8.00. The maximum Gasteiger partial charge on any atom is 0.271 e. The molecule has 6 heteroatoms. The molecule has 0 spiro atoms. The van der Waals surface area contributed by atoms with Crippen molar-refractivity contribution in [2.24, 2.45) is 5.10 Å². The number of carbonyl (C=O) groups is 1. The van der Waals surface area contributed by atoms with Crippen molar-refractivity contribution in [1.82, 2.24) is 5.43 Å². The zero-order valence-electron chi connectivity index (χ0n) is 14.1. The summed E-state index contributed by atoms with van der Waals surface area (Å²) in [7, 11) is 3.18. The number of hydrogen-bond donors (Lipinski definition) is 1. The van der Waals surface area contributed by atoms with Gasteiger partial charge in [0.25, 0.3) is 5.91 Å². The van der Waals surface area contributed by atoms with Crippen LogP contribution in [0.4, 0.5) is 4.39 Å². The van der Waals surface area contributed by atoms with Crippen molar-refractivity contribution in [3.63, 3.8) is 0 Å². The third kappa shape index (κ3) is 3.63. The van der Waals surface area contributed by atoms with Crippen LogP contribution in [0.2, 0.25) is 0 Å². The number of hydrazone groups is 1. The summed E-state index contributed by atoms with van der Waals surface area (Å²) in [6.07, 6.45) is 2.58. The zero-order valence-corrected chi connectivity index (χ0v) is 14.1. The van der Waals surface area contributed by atoms with Gasteiger partial charge in [-0.25, -0.2) is 9.82 Å². The molecule has 0 atom stereocenters. The number of nitrogens with one attached hydrogen (secondary N) is 1. The fourth-order valence-corrected chi connectivity index (χ4v) is 2.91. The lowest BCUT2D eigenvalue weighted by atomic mass is 9.89. The smallest absolute Gasteiger partial charge is 0.271 e. The SMILES string of the molecule is COc1cc2c(cc1OC)C(=NNC(=O)c1cccc(F)c1)CCC2. The third-order valence-corrected chi connectivity index (χ3v) is 4.16. The van der Waals surface area contributed by atoms with Crippen LogP contribution in [-0.2, 0) is 6.42 Å². The quantitative estimate of drug-likeness (QED) is 0.867. The van der Waals surface area contributed by atoms with Crippen molar-refractivity contribution >= 4 is 11.6 Å². The Bertz CT molecular complexity index is 833. The Morgan fingerprint density at radius 2 is 1.88 bits per heavy atom. The maximum absolute atomic E-state index is 13.2. The highest BCUT2D eigenvalue weighted by Gasteiger charge is 2.20. The molecule has 130 valence electrons. The zero-order chi connectivity index (χ0) is 17.8. The van der Waals surface area contributed by atoms with E-state index in [2.05, 4.69) is 10.5 Å². The molecule has 0 aliphatic heterocycles. The number of nitrogens with zero attached hydrogens (tertiary/aromatic N) is 1. The van der Waals surface area contributed by atoms with Crippen LogP contribution in [0, 0.1) is 5.82 Å². The van der Waals surface area contributed by atoms with Crippen LogP contribution in [0.1, 0.15) is 34.3 Å². The molecule has 1 N–H and O–H groups in total. The number of ether oxygens (including phenoxy) is 2. The Hall–Kier alpha value is -2.89. The summed E-state index contributed by atoms with van der Waals surface area (Å²) in [5.74, 6) is 0.387. The van der Waals surface area contributed by atoms with Crippen LogP contribution in [-0.4, -0.2) is 25.8 Å². The molecule has 0 aromatic heterocycles. The van der Waals surface area contributed by atoms with Gasteiger partial charge in [0.2, 0.25) is 0 Å². The Balaban J connectivity index is 1.87. The summed E-state index contributed by atoms with van der Waals surface area (Å²) in [6, 6.07) is 9.32. The highest BCUT2D eigenvalue weighted by Crippen LogP contribution is 2.34. The number of aryl methyl sites for hydroxylation is 1. The molecule has 0 unspecified atom stereocenters. The number of benzene rings is 2. The van der Waals surface area contributed by atoms with Crippen molar-refractivity contribution in [2.75, 3.05) is 14.2 Å². The molecule has 1 aliphatic carbocycles. The molecule has 2 aromatic rings. The van der Waals surface area contributed by atoms with E-state index in [4.69, 9.17) is 9.47 Å². The van der Waals surface area contributed by atoms with Gasteiger partial charge in [0.1, 0.15) is 5.82 Å². The monoisotopic (exact) mass is 342 g/mol. The highest BCUT2D eigenvalue weighted by molar-refractivity contribution is 6.04. The predicted octanol–water partition coefficient (Wildman–Crippen LogP) is 3.31. The minimum atomic E-state index is -0.458. The van der Waals surface area contributed by atoms with E-state index in [9.17, 15) is 9.18 Å². The fourth-order valence-electron chi connectivity index (χ4n) is 2.91. The molecule has 0 heterocycles. The molecule has 0 saturated carbocycles. The summed E-state index contributed by atoms with van der Waals surface area (Å²) in [4.78, 5) is 12.1. The fraction of sp³-hybridized carbons (Fsp3) is 0.263. The Morgan fingerprint density at radius 3 is 2.60 bits per heavy atom. The Kier molecular flexibility index (Phi) is 4.97. The number of rotatable bonds is 4. The molecule has 25 heavy (non-hydrogen) atoms. The second-order valence-electron chi connectivity index (χ2n) is 5.73. The van der Waals surface area contributed by atoms with Gasteiger partial charge >= 0.3 is 0 Å². The van der Waals surface area contributed by atoms with Gasteiger partial charge in [0.15, 0.2) is 11.5 Å². The van der Waals surface area contributed by atoms with Crippen LogP contribution >= 0.6 is 0 Å². The van der Waals surface area contributed by atoms with E-state index >= 15 is 0 Å². The highest BCUT2D eigenvalue weighted by atomic mass is 19.1. The van der Waals surface area contributed by atoms with Gasteiger partial charge in [-0.05, 0) is 55.2 Å². The molecule has 0 radical (unpaired) electrons. The van der Waals surface area contributed by atoms with Crippen molar-refractivity contribution in [3.8, 4) is 11.5 Å². The lowest BCUT2D eigenvalue weighted by Crippen LogP contribution is -2.22. The van der Waals surface area contributed by atoms with Crippen LogP contribution in [0.15, 0.2) is 41.5 Å². The lowest BCUT2D eigenvalue weighted by Gasteiger charge is -2.20. The number of methoxy groups -OCH3 is 2. The summed E-state index contributed by atoms with van der Waals surface area (Å²) >= 11 is 0. The van der Waals surface area contributed by atoms with Gasteiger partial charge in [0.05, 0.1) is 19.9 Å². The maximum atomic E-state index is 13.2. The molecule has 0 bridgehead atoms. The van der Waals surface area contributed by atoms with Gasteiger partial charge < -0.3 is 9.47 Å². The van der Waals surface area contributed by atoms with Crippen molar-refractivity contribution in [3.05, 3.63) is 58.9 Å². The summed E-state index contributed by atoms with van der Waals surface area (Å²) < 4.78 is 23.9. The van der Waals surface area contributed by atoms with Crippen molar-refractivity contribution in [2.45, 2.75) is 19.3 Å². The lowest BCUT2D eigenvalue weighted by molar-refractivity contribution is 0.0954. The summed E-state index contributed by atoms with van der Waals surface area (Å²) in [5.41, 5.74) is 5.55. The van der Waals surface area contributed by atoms with Crippen LogP contribution in [0.3, 0.4) is 0 Å². The molecule has 0 fully saturated rings. The minimum Gasteiger partial charge on any atom is -0.493 e. The van der Waals surface area contributed by atoms with E-state index in [1.54, 1.807) is 20.3 Å². The van der Waals surface area contributed by atoms with E-state index in [0.29, 0.717) is 11.5 Å². The molecule has 2 aromatic carbocycles. The number of amides is 1. The first-order chi connectivity index (χ1) is 12.1. The molecule has 5 nitrogen and oxygen atoms in total. The third-order valence-electron chi connectivity index (χ3n) is 4.16. The van der Waals surface area contributed by atoms with E-state index < -0.39 is 11.7 Å². The number of hydrogen-bond acceptors (Lipinski definition) is 4. The molecule has 0 saturated heterocycles. The van der Waals surface area contributed by atoms with Crippen molar-refractivity contribution in [1.29, 1.82) is 0 Å². The minimum absolute atomic E-state index is 0.229. The molecule has 1 aliphatic rings. The normalized spacial score (nSPS) is 14.8. The Morgan fingerprint density at radius 1 is 1.12 bits per heavy atom. The Labute approximate surface area is 145 Å². The first kappa shape index (κ1) is 17.0. The molecule has 3 rings (SSSR count). The second kappa shape index (κ2) is 7.34. The molecule has 1 amide bonds. The largest absolute Gasteiger partial charge is 0.493 e. The molecular formula is C19H19FN2O3. The summed E-state index contributed by atoms with van der Waals surface area (Å²) in [6.45, 7) is 0. The van der Waals surface area contributed by atoms with Gasteiger partial charge in [-0.1, -0.05) is 6.07 Å². The van der Waals surface area contributed by atoms with Gasteiger partial charge in [-0.15, -0.1) is 0 Å². The first-order valence-corrected chi connectivity index (χ1v) is 8.00. The number of fused-ring (bicyclic) bond motifs is 1. The second-order valence-corrected chi connectivity index (χ2v) is 5.73. The van der Waals surface area contributed by atoms with Gasteiger partial charge in [0, 0.05) is 11.1 Å². The summed E-state index contributed by atoms with van der Waals surface area (Å²) in [5, 5.41) is 4.26. The topological polar surface area (TPSA) is 59.9 Å². The average Bonchev–Trinajstić information content (AvgIpc) is 2.64. The molecular weight excluding hydrogens is 323 g/mol. The predicted molar refractivity (Wildman–Crippen MR) is 92.9 cm³/mol. The van der Waals surface area contributed by atoms with E-state index in [1.165, 1.54) is 18.2 Å². The van der Waals surface area contributed by atoms with E-state index in [-0.39, 0.29) is 5.56 Å². The average molecular weight is 342 g/mol. The van der Waals surface area contributed by atoms with E-state index in [0.717, 1.165) is 36.1 Å². The van der Waals surface area contributed by atoms with Crippen molar-refractivity contribution < 1.29 is 18.7 Å². The van der Waals surface area contributed by atoms with Gasteiger partial charge in [-0.3, -0.25) is 4.79 Å². The van der Waals surface area contributed by atoms with E-state index in [1.807, 2.05) is 12.1 Å². The number of carbonyl (C=O) groups excluding carboxylic acids is 1. The van der Waals surface area contributed by atoms with Crippen LogP contribution < -0.4 is 14.9 Å².